The standard InChI is InChI=1S/C16H12BNO2/c17-15-10-14(7-8-16(15)18(19)20)13-6-5-11-3-1-2-4-12(11)9-13/h1-10H,17H2. The van der Waals surface area contributed by atoms with Gasteiger partial charge in [-0.05, 0) is 39.5 Å². The van der Waals surface area contributed by atoms with Crippen molar-refractivity contribution in [3.63, 3.8) is 0 Å². The molecule has 4 heteroatoms. The van der Waals surface area contributed by atoms with Crippen LogP contribution in [-0.4, -0.2) is 12.8 Å². The summed E-state index contributed by atoms with van der Waals surface area (Å²) in [4.78, 5) is 10.5. The van der Waals surface area contributed by atoms with E-state index >= 15 is 0 Å². The molecule has 0 unspecified atom stereocenters. The summed E-state index contributed by atoms with van der Waals surface area (Å²) in [7, 11) is 1.77. The third kappa shape index (κ3) is 2.16. The van der Waals surface area contributed by atoms with E-state index in [0.717, 1.165) is 11.1 Å². The highest BCUT2D eigenvalue weighted by atomic mass is 16.6. The molecule has 3 rings (SSSR count). The molecule has 0 heterocycles. The first-order valence-corrected chi connectivity index (χ1v) is 6.39. The smallest absolute Gasteiger partial charge is 0.258 e. The van der Waals surface area contributed by atoms with Crippen molar-refractivity contribution >= 4 is 29.8 Å². The quantitative estimate of drug-likeness (QED) is 0.404. The Bertz CT molecular complexity index is 814. The summed E-state index contributed by atoms with van der Waals surface area (Å²) >= 11 is 0. The van der Waals surface area contributed by atoms with Crippen LogP contribution in [0.2, 0.25) is 0 Å². The number of hydrogen-bond acceptors (Lipinski definition) is 2. The van der Waals surface area contributed by atoms with E-state index in [4.69, 9.17) is 0 Å². The van der Waals surface area contributed by atoms with Crippen LogP contribution in [0.15, 0.2) is 60.7 Å². The van der Waals surface area contributed by atoms with Gasteiger partial charge in [0.1, 0.15) is 7.85 Å². The second-order valence-electron chi connectivity index (χ2n) is 4.82. The summed E-state index contributed by atoms with van der Waals surface area (Å²) in [5, 5.41) is 13.2. The first-order chi connectivity index (χ1) is 9.65. The summed E-state index contributed by atoms with van der Waals surface area (Å²) in [5.41, 5.74) is 2.91. The Morgan fingerprint density at radius 3 is 2.20 bits per heavy atom. The Morgan fingerprint density at radius 1 is 0.850 bits per heavy atom. The first kappa shape index (κ1) is 12.4. The van der Waals surface area contributed by atoms with Gasteiger partial charge >= 0.3 is 0 Å². The fraction of sp³-hybridized carbons (Fsp3) is 0. The molecule has 0 fully saturated rings. The fourth-order valence-electron chi connectivity index (χ4n) is 2.41. The van der Waals surface area contributed by atoms with E-state index in [2.05, 4.69) is 24.3 Å². The van der Waals surface area contributed by atoms with Crippen LogP contribution in [0.25, 0.3) is 21.9 Å². The summed E-state index contributed by atoms with van der Waals surface area (Å²) < 4.78 is 0. The minimum atomic E-state index is -0.348. The lowest BCUT2D eigenvalue weighted by molar-refractivity contribution is -0.383. The summed E-state index contributed by atoms with van der Waals surface area (Å²) in [6, 6.07) is 19.6. The lowest BCUT2D eigenvalue weighted by Crippen LogP contribution is -2.09. The zero-order chi connectivity index (χ0) is 14.1. The number of benzene rings is 3. The van der Waals surface area contributed by atoms with Crippen molar-refractivity contribution < 1.29 is 4.92 Å². The Kier molecular flexibility index (Phi) is 2.99. The van der Waals surface area contributed by atoms with Gasteiger partial charge in [0, 0.05) is 6.07 Å². The molecule has 0 spiro atoms. The highest BCUT2D eigenvalue weighted by molar-refractivity contribution is 6.35. The minimum absolute atomic E-state index is 0.162. The van der Waals surface area contributed by atoms with E-state index in [1.807, 2.05) is 24.3 Å². The van der Waals surface area contributed by atoms with E-state index in [0.29, 0.717) is 5.46 Å². The molecule has 0 bridgehead atoms. The summed E-state index contributed by atoms with van der Waals surface area (Å²) in [6.45, 7) is 0. The van der Waals surface area contributed by atoms with Crippen LogP contribution in [0.3, 0.4) is 0 Å². The van der Waals surface area contributed by atoms with Crippen molar-refractivity contribution in [2.75, 3.05) is 0 Å². The molecule has 0 amide bonds. The van der Waals surface area contributed by atoms with E-state index in [1.54, 1.807) is 20.0 Å². The minimum Gasteiger partial charge on any atom is -0.258 e. The third-order valence-electron chi connectivity index (χ3n) is 3.48. The van der Waals surface area contributed by atoms with Crippen molar-refractivity contribution in [1.29, 1.82) is 0 Å². The first-order valence-electron chi connectivity index (χ1n) is 6.39. The van der Waals surface area contributed by atoms with Crippen LogP contribution in [0, 0.1) is 10.1 Å². The molecule has 0 N–H and O–H groups in total. The Balaban J connectivity index is 2.11. The maximum absolute atomic E-state index is 10.8. The maximum Gasteiger partial charge on any atom is 0.263 e. The molecule has 0 saturated carbocycles. The number of nitro groups is 1. The van der Waals surface area contributed by atoms with Crippen LogP contribution in [0.1, 0.15) is 0 Å². The summed E-state index contributed by atoms with van der Waals surface area (Å²) in [5.74, 6) is 0. The van der Waals surface area contributed by atoms with Gasteiger partial charge in [-0.15, -0.1) is 0 Å². The van der Waals surface area contributed by atoms with Gasteiger partial charge in [-0.1, -0.05) is 42.5 Å². The van der Waals surface area contributed by atoms with Gasteiger partial charge in [-0.3, -0.25) is 10.1 Å². The van der Waals surface area contributed by atoms with Crippen LogP contribution in [-0.2, 0) is 0 Å². The van der Waals surface area contributed by atoms with Crippen molar-refractivity contribution in [2.45, 2.75) is 0 Å². The number of nitro benzene ring substituents is 1. The van der Waals surface area contributed by atoms with E-state index in [1.165, 1.54) is 10.8 Å². The lowest BCUT2D eigenvalue weighted by Gasteiger charge is -2.06. The predicted octanol–water partition coefficient (Wildman–Crippen LogP) is 2.67. The number of nitrogens with zero attached hydrogens (tertiary/aromatic N) is 1. The zero-order valence-electron chi connectivity index (χ0n) is 11.0. The molecule has 0 atom stereocenters. The van der Waals surface area contributed by atoms with Crippen LogP contribution < -0.4 is 5.46 Å². The number of hydrogen-bond donors (Lipinski definition) is 0. The molecule has 0 aliphatic rings. The molecule has 3 nitrogen and oxygen atoms in total. The molecule has 0 aromatic heterocycles. The van der Waals surface area contributed by atoms with Gasteiger partial charge < -0.3 is 0 Å². The molecule has 0 aliphatic heterocycles. The molecule has 3 aromatic carbocycles. The van der Waals surface area contributed by atoms with Gasteiger partial charge in [-0.2, -0.15) is 0 Å². The number of fused-ring (bicyclic) bond motifs is 1. The SMILES string of the molecule is Bc1cc(-c2ccc3ccccc3c2)ccc1[N+](=O)[O-]. The highest BCUT2D eigenvalue weighted by Gasteiger charge is 2.10. The third-order valence-corrected chi connectivity index (χ3v) is 3.48. The van der Waals surface area contributed by atoms with Crippen molar-refractivity contribution in [1.82, 2.24) is 0 Å². The number of rotatable bonds is 2. The second-order valence-corrected chi connectivity index (χ2v) is 4.82. The van der Waals surface area contributed by atoms with E-state index in [9.17, 15) is 10.1 Å². The highest BCUT2D eigenvalue weighted by Crippen LogP contribution is 2.25. The fourth-order valence-corrected chi connectivity index (χ4v) is 2.41. The molecule has 96 valence electrons. The maximum atomic E-state index is 10.8. The molecule has 0 radical (unpaired) electrons. The van der Waals surface area contributed by atoms with Gasteiger partial charge in [0.15, 0.2) is 0 Å². The van der Waals surface area contributed by atoms with E-state index in [-0.39, 0.29) is 10.6 Å². The molecule has 3 aromatic rings. The van der Waals surface area contributed by atoms with Gasteiger partial charge in [0.05, 0.1) is 4.92 Å². The average molecular weight is 261 g/mol. The Morgan fingerprint density at radius 2 is 1.50 bits per heavy atom. The second kappa shape index (κ2) is 4.81. The Hall–Kier alpha value is -2.62. The molecular weight excluding hydrogens is 249 g/mol. The largest absolute Gasteiger partial charge is 0.263 e. The molecule has 0 saturated heterocycles. The van der Waals surface area contributed by atoms with Gasteiger partial charge in [-0.25, -0.2) is 0 Å². The monoisotopic (exact) mass is 261 g/mol. The van der Waals surface area contributed by atoms with Gasteiger partial charge in [0.2, 0.25) is 0 Å². The van der Waals surface area contributed by atoms with Crippen molar-refractivity contribution in [3.05, 3.63) is 70.8 Å². The van der Waals surface area contributed by atoms with Crippen LogP contribution >= 0.6 is 0 Å². The van der Waals surface area contributed by atoms with Crippen molar-refractivity contribution in [2.24, 2.45) is 0 Å². The topological polar surface area (TPSA) is 43.1 Å². The zero-order valence-corrected chi connectivity index (χ0v) is 11.0. The average Bonchev–Trinajstić information content (AvgIpc) is 2.46. The van der Waals surface area contributed by atoms with E-state index < -0.39 is 0 Å². The van der Waals surface area contributed by atoms with Crippen LogP contribution in [0.4, 0.5) is 5.69 Å². The Labute approximate surface area is 117 Å². The van der Waals surface area contributed by atoms with Gasteiger partial charge in [0.25, 0.3) is 5.69 Å². The lowest BCUT2D eigenvalue weighted by atomic mass is 9.90. The molecular formula is C16H12BNO2. The normalized spacial score (nSPS) is 10.6. The molecule has 20 heavy (non-hydrogen) atoms. The van der Waals surface area contributed by atoms with Crippen LogP contribution in [0.5, 0.6) is 0 Å². The predicted molar refractivity (Wildman–Crippen MR) is 84.2 cm³/mol. The summed E-state index contributed by atoms with van der Waals surface area (Å²) in [6.07, 6.45) is 0. The molecule has 0 aliphatic carbocycles. The van der Waals surface area contributed by atoms with Crippen molar-refractivity contribution in [3.8, 4) is 11.1 Å².